The third-order valence-electron chi connectivity index (χ3n) is 1.52. The topological polar surface area (TPSA) is 51.0 Å². The molecule has 0 fully saturated rings. The van der Waals surface area contributed by atoms with Crippen LogP contribution in [0.15, 0.2) is 22.2 Å². The molecule has 4 nitrogen and oxygen atoms in total. The van der Waals surface area contributed by atoms with Crippen molar-refractivity contribution in [1.82, 2.24) is 10.1 Å². The summed E-state index contributed by atoms with van der Waals surface area (Å²) in [4.78, 5) is 4.08. The highest BCUT2D eigenvalue weighted by molar-refractivity contribution is 7.13. The van der Waals surface area contributed by atoms with Gasteiger partial charge in [-0.25, -0.2) is 4.98 Å². The summed E-state index contributed by atoms with van der Waals surface area (Å²) in [7, 11) is 0. The molecule has 2 aromatic heterocycles. The van der Waals surface area contributed by atoms with E-state index in [1.807, 2.05) is 18.4 Å². The number of aromatic nitrogens is 2. The standard InChI is InChI=1S/C8H9N3OS/c1-6-4-7(12-11-6)5-10-8-9-2-3-13-8/h2-4H,5H2,1H3,(H,9,10). The van der Waals surface area contributed by atoms with E-state index in [4.69, 9.17) is 4.52 Å². The van der Waals surface area contributed by atoms with Gasteiger partial charge in [0.1, 0.15) is 0 Å². The molecule has 68 valence electrons. The van der Waals surface area contributed by atoms with Crippen LogP contribution in [0, 0.1) is 6.92 Å². The summed E-state index contributed by atoms with van der Waals surface area (Å²) in [5, 5.41) is 9.73. The Bertz CT molecular complexity index is 368. The van der Waals surface area contributed by atoms with Crippen molar-refractivity contribution in [1.29, 1.82) is 0 Å². The molecule has 2 aromatic rings. The van der Waals surface area contributed by atoms with Crippen LogP contribution in [0.2, 0.25) is 0 Å². The first-order valence-corrected chi connectivity index (χ1v) is 4.78. The predicted molar refractivity (Wildman–Crippen MR) is 50.7 cm³/mol. The van der Waals surface area contributed by atoms with Crippen molar-refractivity contribution in [3.8, 4) is 0 Å². The van der Waals surface area contributed by atoms with E-state index in [0.29, 0.717) is 6.54 Å². The maximum absolute atomic E-state index is 5.03. The molecule has 2 rings (SSSR count). The minimum Gasteiger partial charge on any atom is -0.359 e. The second kappa shape index (κ2) is 3.57. The molecule has 5 heteroatoms. The Kier molecular flexibility index (Phi) is 2.27. The molecule has 0 aliphatic rings. The SMILES string of the molecule is Cc1cc(CNc2nccs2)on1. The monoisotopic (exact) mass is 195 g/mol. The molecule has 0 spiro atoms. The first-order chi connectivity index (χ1) is 6.34. The molecular formula is C8H9N3OS. The van der Waals surface area contributed by atoms with Crippen LogP contribution >= 0.6 is 11.3 Å². The van der Waals surface area contributed by atoms with Crippen molar-refractivity contribution in [3.63, 3.8) is 0 Å². The Morgan fingerprint density at radius 3 is 3.15 bits per heavy atom. The Hall–Kier alpha value is -1.36. The van der Waals surface area contributed by atoms with Crippen molar-refractivity contribution in [2.45, 2.75) is 13.5 Å². The highest BCUT2D eigenvalue weighted by atomic mass is 32.1. The zero-order valence-corrected chi connectivity index (χ0v) is 7.97. The summed E-state index contributed by atoms with van der Waals surface area (Å²) in [6.07, 6.45) is 1.76. The van der Waals surface area contributed by atoms with Crippen molar-refractivity contribution in [2.75, 3.05) is 5.32 Å². The number of nitrogens with zero attached hydrogens (tertiary/aromatic N) is 2. The molecule has 0 saturated heterocycles. The summed E-state index contributed by atoms with van der Waals surface area (Å²) >= 11 is 1.56. The summed E-state index contributed by atoms with van der Waals surface area (Å²) in [5.74, 6) is 0.827. The molecule has 0 saturated carbocycles. The van der Waals surface area contributed by atoms with Gasteiger partial charge in [-0.3, -0.25) is 0 Å². The average molecular weight is 195 g/mol. The largest absolute Gasteiger partial charge is 0.359 e. The van der Waals surface area contributed by atoms with Gasteiger partial charge in [-0.2, -0.15) is 0 Å². The van der Waals surface area contributed by atoms with E-state index >= 15 is 0 Å². The van der Waals surface area contributed by atoms with E-state index in [1.54, 1.807) is 17.5 Å². The van der Waals surface area contributed by atoms with Crippen LogP contribution in [0.3, 0.4) is 0 Å². The molecule has 0 unspecified atom stereocenters. The average Bonchev–Trinajstić information content (AvgIpc) is 2.71. The molecule has 0 amide bonds. The number of hydrogen-bond donors (Lipinski definition) is 1. The molecule has 0 aliphatic carbocycles. The predicted octanol–water partition coefficient (Wildman–Crippen LogP) is 2.05. The third kappa shape index (κ3) is 2.06. The summed E-state index contributed by atoms with van der Waals surface area (Å²) in [6.45, 7) is 2.53. The number of anilines is 1. The number of hydrogen-bond acceptors (Lipinski definition) is 5. The van der Waals surface area contributed by atoms with Gasteiger partial charge in [0.25, 0.3) is 0 Å². The fourth-order valence-electron chi connectivity index (χ4n) is 0.973. The zero-order valence-electron chi connectivity index (χ0n) is 7.15. The fourth-order valence-corrected chi connectivity index (χ4v) is 1.50. The van der Waals surface area contributed by atoms with E-state index in [9.17, 15) is 0 Å². The Morgan fingerprint density at radius 2 is 2.54 bits per heavy atom. The molecule has 0 radical (unpaired) electrons. The lowest BCUT2D eigenvalue weighted by Crippen LogP contribution is -1.96. The van der Waals surface area contributed by atoms with Crippen LogP contribution in [0.5, 0.6) is 0 Å². The van der Waals surface area contributed by atoms with Crippen LogP contribution in [0.4, 0.5) is 5.13 Å². The van der Waals surface area contributed by atoms with Crippen molar-refractivity contribution in [3.05, 3.63) is 29.1 Å². The molecule has 1 N–H and O–H groups in total. The van der Waals surface area contributed by atoms with E-state index in [2.05, 4.69) is 15.5 Å². The van der Waals surface area contributed by atoms with E-state index in [-0.39, 0.29) is 0 Å². The fraction of sp³-hybridized carbons (Fsp3) is 0.250. The first kappa shape index (κ1) is 8.25. The Labute approximate surface area is 79.6 Å². The van der Waals surface area contributed by atoms with Gasteiger partial charge in [0.2, 0.25) is 0 Å². The molecule has 2 heterocycles. The van der Waals surface area contributed by atoms with Gasteiger partial charge < -0.3 is 9.84 Å². The molecular weight excluding hydrogens is 186 g/mol. The number of nitrogens with one attached hydrogen (secondary N) is 1. The number of thiazole rings is 1. The number of aryl methyl sites for hydroxylation is 1. The molecule has 0 atom stereocenters. The van der Waals surface area contributed by atoms with Crippen LogP contribution in [-0.2, 0) is 6.54 Å². The minimum absolute atomic E-state index is 0.633. The quantitative estimate of drug-likeness (QED) is 0.814. The molecule has 13 heavy (non-hydrogen) atoms. The highest BCUT2D eigenvalue weighted by Crippen LogP contribution is 2.12. The molecule has 0 bridgehead atoms. The smallest absolute Gasteiger partial charge is 0.182 e. The Balaban J connectivity index is 1.93. The van der Waals surface area contributed by atoms with Crippen LogP contribution < -0.4 is 5.32 Å². The second-order valence-electron chi connectivity index (χ2n) is 2.63. The maximum Gasteiger partial charge on any atom is 0.182 e. The summed E-state index contributed by atoms with van der Waals surface area (Å²) in [6, 6.07) is 1.90. The van der Waals surface area contributed by atoms with Gasteiger partial charge in [0, 0.05) is 17.6 Å². The van der Waals surface area contributed by atoms with Crippen LogP contribution in [0.25, 0.3) is 0 Å². The minimum atomic E-state index is 0.633. The Morgan fingerprint density at radius 1 is 1.62 bits per heavy atom. The first-order valence-electron chi connectivity index (χ1n) is 3.90. The highest BCUT2D eigenvalue weighted by Gasteiger charge is 2.00. The normalized spacial score (nSPS) is 10.2. The van der Waals surface area contributed by atoms with Crippen molar-refractivity contribution in [2.24, 2.45) is 0 Å². The van der Waals surface area contributed by atoms with E-state index in [1.165, 1.54) is 0 Å². The van der Waals surface area contributed by atoms with E-state index < -0.39 is 0 Å². The van der Waals surface area contributed by atoms with Gasteiger partial charge in [-0.05, 0) is 6.92 Å². The van der Waals surface area contributed by atoms with Crippen LogP contribution in [-0.4, -0.2) is 10.1 Å². The molecule has 0 aromatic carbocycles. The summed E-state index contributed by atoms with van der Waals surface area (Å²) < 4.78 is 5.03. The van der Waals surface area contributed by atoms with Gasteiger partial charge in [0.15, 0.2) is 10.9 Å². The molecule has 0 aliphatic heterocycles. The van der Waals surface area contributed by atoms with E-state index in [0.717, 1.165) is 16.6 Å². The zero-order chi connectivity index (χ0) is 9.10. The van der Waals surface area contributed by atoms with Gasteiger partial charge in [-0.15, -0.1) is 11.3 Å². The third-order valence-corrected chi connectivity index (χ3v) is 2.25. The van der Waals surface area contributed by atoms with Gasteiger partial charge >= 0.3 is 0 Å². The summed E-state index contributed by atoms with van der Waals surface area (Å²) in [5.41, 5.74) is 0.899. The maximum atomic E-state index is 5.03. The van der Waals surface area contributed by atoms with Gasteiger partial charge in [-0.1, -0.05) is 5.16 Å². The second-order valence-corrected chi connectivity index (χ2v) is 3.52. The van der Waals surface area contributed by atoms with Crippen molar-refractivity contribution < 1.29 is 4.52 Å². The van der Waals surface area contributed by atoms with Gasteiger partial charge in [0.05, 0.1) is 12.2 Å². The van der Waals surface area contributed by atoms with Crippen molar-refractivity contribution >= 4 is 16.5 Å². The number of rotatable bonds is 3. The lowest BCUT2D eigenvalue weighted by Gasteiger charge is -1.96. The van der Waals surface area contributed by atoms with Crippen LogP contribution in [0.1, 0.15) is 11.5 Å². The lowest BCUT2D eigenvalue weighted by molar-refractivity contribution is 0.384. The lowest BCUT2D eigenvalue weighted by atomic mass is 10.4.